The number of aliphatic carboxylic acids is 1. The van der Waals surface area contributed by atoms with E-state index in [1.807, 2.05) is 0 Å². The van der Waals surface area contributed by atoms with Crippen LogP contribution in [-0.2, 0) is 60.8 Å². The molecule has 25 nitrogen and oxygen atoms in total. The second kappa shape index (κ2) is 30.2. The lowest BCUT2D eigenvalue weighted by atomic mass is 9.96. The molecule has 2 aromatic carbocycles. The van der Waals surface area contributed by atoms with Gasteiger partial charge in [-0.3, -0.25) is 43.2 Å². The summed E-state index contributed by atoms with van der Waals surface area (Å²) in [5.41, 5.74) is 6.44. The van der Waals surface area contributed by atoms with Gasteiger partial charge in [-0.25, -0.2) is 4.79 Å². The average Bonchev–Trinajstić information content (AvgIpc) is 3.88. The number of amides is 9. The summed E-state index contributed by atoms with van der Waals surface area (Å²) in [6.45, 7) is 4.07. The van der Waals surface area contributed by atoms with Crippen molar-refractivity contribution in [2.24, 2.45) is 11.7 Å². The molecule has 1 aliphatic rings. The van der Waals surface area contributed by atoms with Crippen molar-refractivity contribution in [2.75, 3.05) is 38.3 Å². The molecule has 9 amide bonds. The molecule has 408 valence electrons. The van der Waals surface area contributed by atoms with Crippen LogP contribution in [0, 0.1) is 5.92 Å². The molecule has 0 radical (unpaired) electrons. The number of phenolic OH excluding ortho intramolecular Hbond substituents is 2. The van der Waals surface area contributed by atoms with E-state index in [0.717, 1.165) is 0 Å². The van der Waals surface area contributed by atoms with Crippen LogP contribution in [0.15, 0.2) is 48.5 Å². The van der Waals surface area contributed by atoms with Crippen molar-refractivity contribution < 1.29 is 73.5 Å². The lowest BCUT2D eigenvalue weighted by molar-refractivity contribution is -0.143. The Morgan fingerprint density at radius 1 is 0.622 bits per heavy atom. The topological polar surface area (TPSA) is 397 Å². The quantitative estimate of drug-likeness (QED) is 0.0378. The Bertz CT molecular complexity index is 2270. The molecule has 1 heterocycles. The van der Waals surface area contributed by atoms with Gasteiger partial charge >= 0.3 is 5.97 Å². The molecule has 74 heavy (non-hydrogen) atoms. The van der Waals surface area contributed by atoms with E-state index < -0.39 is 133 Å². The Hall–Kier alpha value is -7.03. The molecule has 1 fully saturated rings. The van der Waals surface area contributed by atoms with Crippen LogP contribution in [0.3, 0.4) is 0 Å². The second-order valence-electron chi connectivity index (χ2n) is 17.8. The van der Waals surface area contributed by atoms with Crippen LogP contribution in [0.1, 0.15) is 64.5 Å². The fourth-order valence-corrected chi connectivity index (χ4v) is 8.07. The molecule has 0 aromatic heterocycles. The van der Waals surface area contributed by atoms with Gasteiger partial charge in [-0.2, -0.15) is 11.8 Å². The smallest absolute Gasteiger partial charge is 0.328 e. The van der Waals surface area contributed by atoms with Crippen molar-refractivity contribution in [3.63, 3.8) is 0 Å². The molecule has 0 bridgehead atoms. The maximum atomic E-state index is 14.4. The number of aromatic hydroxyl groups is 2. The molecule has 0 unspecified atom stereocenters. The molecule has 0 spiro atoms. The number of benzene rings is 2. The predicted octanol–water partition coefficient (Wildman–Crippen LogP) is -3.38. The van der Waals surface area contributed by atoms with Gasteiger partial charge in [-0.05, 0) is 86.4 Å². The Labute approximate surface area is 432 Å². The molecule has 10 atom stereocenters. The number of thioether (sulfide) groups is 1. The van der Waals surface area contributed by atoms with Gasteiger partial charge in [-0.1, -0.05) is 44.5 Å². The molecule has 15 N–H and O–H groups in total. The molecule has 3 rings (SSSR count). The molecule has 26 heteroatoms. The van der Waals surface area contributed by atoms with E-state index in [9.17, 15) is 73.5 Å². The van der Waals surface area contributed by atoms with E-state index in [0.29, 0.717) is 36.3 Å². The van der Waals surface area contributed by atoms with Crippen LogP contribution in [0.25, 0.3) is 0 Å². The maximum Gasteiger partial charge on any atom is 0.328 e. The number of aliphatic hydroxyl groups excluding tert-OH is 2. The highest BCUT2D eigenvalue weighted by molar-refractivity contribution is 7.98. The summed E-state index contributed by atoms with van der Waals surface area (Å²) in [6.07, 6.45) is 2.56. The van der Waals surface area contributed by atoms with E-state index in [4.69, 9.17) is 5.73 Å². The zero-order chi connectivity index (χ0) is 55.2. The number of nitrogens with two attached hydrogens (primary N) is 1. The van der Waals surface area contributed by atoms with Crippen LogP contribution < -0.4 is 48.3 Å². The average molecular weight is 1060 g/mol. The Balaban J connectivity index is 1.85. The second-order valence-corrected chi connectivity index (χ2v) is 18.8. The minimum Gasteiger partial charge on any atom is -0.508 e. The van der Waals surface area contributed by atoms with Crippen molar-refractivity contribution in [3.8, 4) is 11.5 Å². The first-order valence-corrected chi connectivity index (χ1v) is 25.4. The highest BCUT2D eigenvalue weighted by Gasteiger charge is 2.37. The molecular weight excluding hydrogens is 989 g/mol. The number of carboxylic acids is 1. The zero-order valence-electron chi connectivity index (χ0n) is 41.9. The first-order valence-electron chi connectivity index (χ1n) is 24.0. The number of carbonyl (C=O) groups excluding carboxylic acids is 9. The summed E-state index contributed by atoms with van der Waals surface area (Å²) in [5, 5.41) is 68.6. The third kappa shape index (κ3) is 18.8. The minimum atomic E-state index is -1.69. The summed E-state index contributed by atoms with van der Waals surface area (Å²) in [5.74, 6) is -9.36. The third-order valence-corrected chi connectivity index (χ3v) is 12.9. The van der Waals surface area contributed by atoms with Gasteiger partial charge < -0.3 is 78.7 Å². The van der Waals surface area contributed by atoms with E-state index in [2.05, 4.69) is 42.5 Å². The van der Waals surface area contributed by atoms with Crippen molar-refractivity contribution in [1.29, 1.82) is 0 Å². The number of likely N-dealkylation sites (tertiary alicyclic amines) is 1. The lowest BCUT2D eigenvalue weighted by Crippen LogP contribution is -2.62. The van der Waals surface area contributed by atoms with Crippen molar-refractivity contribution in [1.82, 2.24) is 47.4 Å². The van der Waals surface area contributed by atoms with Gasteiger partial charge in [0.05, 0.1) is 19.8 Å². The molecule has 0 aliphatic carbocycles. The van der Waals surface area contributed by atoms with E-state index in [-0.39, 0.29) is 43.7 Å². The predicted molar refractivity (Wildman–Crippen MR) is 268 cm³/mol. The number of hydrogen-bond acceptors (Lipinski definition) is 16. The minimum absolute atomic E-state index is 0.0489. The number of rotatable bonds is 29. The van der Waals surface area contributed by atoms with Crippen LogP contribution >= 0.6 is 11.8 Å². The zero-order valence-corrected chi connectivity index (χ0v) is 42.7. The standard InChI is InChI=1S/C48H70N10O15S/c1-6-25(2)39(47(71)55-35(23-59)45(69)50-26(3)40(64)52-32(17-19-74-5)42(66)56-36(24-60)48(72)73)57-44(68)34(21-29-11-15-31(62)16-12-29)54-43(67)33(20-28-9-13-30(61)14-10-28)53-41(65)27(4)51-46(70)37-8-7-18-58(37)38(63)22-49/h9-16,25-27,32-37,39,59-62H,6-8,17-24,49H2,1-5H3,(H,50,69)(H,51,70)(H,52,64)(H,53,65)(H,54,67)(H,55,71)(H,56,66)(H,57,68)(H,72,73)/t25-,26-,27-,32-,33-,34-,35-,36-,37-,39-/m0/s1. The van der Waals surface area contributed by atoms with Gasteiger partial charge in [0.1, 0.15) is 65.9 Å². The summed E-state index contributed by atoms with van der Waals surface area (Å²) in [6, 6.07) is -0.946. The Kier molecular flexibility index (Phi) is 25.0. The Morgan fingerprint density at radius 2 is 1.07 bits per heavy atom. The van der Waals surface area contributed by atoms with Crippen LogP contribution in [0.2, 0.25) is 0 Å². The largest absolute Gasteiger partial charge is 0.508 e. The molecule has 2 aromatic rings. The lowest BCUT2D eigenvalue weighted by Gasteiger charge is -2.29. The molecule has 1 aliphatic heterocycles. The number of hydrogen-bond donors (Lipinski definition) is 14. The number of carboxylic acid groups (broad SMARTS) is 1. The summed E-state index contributed by atoms with van der Waals surface area (Å²) in [7, 11) is 0. The monoisotopic (exact) mass is 1060 g/mol. The Morgan fingerprint density at radius 3 is 1.55 bits per heavy atom. The van der Waals surface area contributed by atoms with Gasteiger partial charge in [0.15, 0.2) is 0 Å². The van der Waals surface area contributed by atoms with Gasteiger partial charge in [0, 0.05) is 19.4 Å². The normalized spacial score (nSPS) is 16.8. The van der Waals surface area contributed by atoms with Crippen molar-refractivity contribution >= 4 is 70.9 Å². The summed E-state index contributed by atoms with van der Waals surface area (Å²) >= 11 is 1.33. The fraction of sp³-hybridized carbons (Fsp3) is 0.542. The summed E-state index contributed by atoms with van der Waals surface area (Å²) in [4.78, 5) is 134. The number of nitrogens with one attached hydrogen (secondary N) is 8. The fourth-order valence-electron chi connectivity index (χ4n) is 7.60. The van der Waals surface area contributed by atoms with Crippen molar-refractivity contribution in [2.45, 2.75) is 121 Å². The summed E-state index contributed by atoms with van der Waals surface area (Å²) < 4.78 is 0. The third-order valence-electron chi connectivity index (χ3n) is 12.2. The van der Waals surface area contributed by atoms with Crippen LogP contribution in [0.4, 0.5) is 0 Å². The van der Waals surface area contributed by atoms with Gasteiger partial charge in [-0.15, -0.1) is 0 Å². The van der Waals surface area contributed by atoms with Crippen LogP contribution in [-0.4, -0.2) is 182 Å². The molecule has 1 saturated heterocycles. The SMILES string of the molecule is CC[C@H](C)[C@H](NC(=O)[C@H](Cc1ccc(O)cc1)NC(=O)[C@H](Cc1ccc(O)cc1)NC(=O)[C@H](C)NC(=O)[C@@H]1CCCN1C(=O)CN)C(=O)N[C@@H](CO)C(=O)N[C@@H](C)C(=O)N[C@@H](CCSC)C(=O)N[C@@H](CO)C(=O)O. The number of phenols is 2. The van der Waals surface area contributed by atoms with Gasteiger partial charge in [0.2, 0.25) is 53.2 Å². The molecular formula is C48H70N10O15S. The first kappa shape index (κ1) is 61.3. The number of nitrogens with zero attached hydrogens (tertiary/aromatic N) is 1. The van der Waals surface area contributed by atoms with E-state index >= 15 is 0 Å². The first-order chi connectivity index (χ1) is 35.1. The van der Waals surface area contributed by atoms with E-state index in [1.54, 1.807) is 20.1 Å². The number of aliphatic hydroxyl groups is 2. The van der Waals surface area contributed by atoms with Crippen molar-refractivity contribution in [3.05, 3.63) is 59.7 Å². The highest BCUT2D eigenvalue weighted by atomic mass is 32.2. The number of carbonyl (C=O) groups is 10. The van der Waals surface area contributed by atoms with Gasteiger partial charge in [0.25, 0.3) is 0 Å². The molecule has 0 saturated carbocycles. The highest BCUT2D eigenvalue weighted by Crippen LogP contribution is 2.19. The van der Waals surface area contributed by atoms with E-state index in [1.165, 1.54) is 79.0 Å². The maximum absolute atomic E-state index is 14.4. The van der Waals surface area contributed by atoms with Crippen LogP contribution in [0.5, 0.6) is 11.5 Å².